The molecule has 2 aromatic rings. The van der Waals surface area contributed by atoms with Crippen molar-refractivity contribution in [2.75, 3.05) is 0 Å². The van der Waals surface area contributed by atoms with Gasteiger partial charge >= 0.3 is 0 Å². The summed E-state index contributed by atoms with van der Waals surface area (Å²) >= 11 is 5.77. The van der Waals surface area contributed by atoms with Crippen molar-refractivity contribution in [2.45, 2.75) is 26.0 Å². The van der Waals surface area contributed by atoms with E-state index >= 15 is 0 Å². The van der Waals surface area contributed by atoms with Gasteiger partial charge in [0.1, 0.15) is 11.6 Å². The van der Waals surface area contributed by atoms with E-state index in [9.17, 15) is 4.39 Å². The number of ether oxygens (including phenoxy) is 1. The fraction of sp³-hybridized carbons (Fsp3) is 0.267. The SMILES string of the molecule is CC(C)Oc1cncc(C(NN)c2ccc(Cl)cc2F)c1. The predicted octanol–water partition coefficient (Wildman–Crippen LogP) is 3.21. The quantitative estimate of drug-likeness (QED) is 0.657. The van der Waals surface area contributed by atoms with Gasteiger partial charge in [0, 0.05) is 16.8 Å². The van der Waals surface area contributed by atoms with Gasteiger partial charge in [-0.1, -0.05) is 17.7 Å². The number of pyridine rings is 1. The first kappa shape index (κ1) is 15.7. The van der Waals surface area contributed by atoms with Crippen LogP contribution in [0.3, 0.4) is 0 Å². The van der Waals surface area contributed by atoms with Gasteiger partial charge in [0.2, 0.25) is 0 Å². The van der Waals surface area contributed by atoms with Gasteiger partial charge in [0.25, 0.3) is 0 Å². The molecule has 0 aliphatic rings. The Labute approximate surface area is 128 Å². The third-order valence-electron chi connectivity index (χ3n) is 2.88. The molecule has 0 amide bonds. The zero-order chi connectivity index (χ0) is 15.4. The minimum absolute atomic E-state index is 0.0265. The van der Waals surface area contributed by atoms with Crippen molar-refractivity contribution >= 4 is 11.6 Å². The summed E-state index contributed by atoms with van der Waals surface area (Å²) in [4.78, 5) is 4.11. The largest absolute Gasteiger partial charge is 0.489 e. The smallest absolute Gasteiger partial charge is 0.138 e. The van der Waals surface area contributed by atoms with E-state index in [-0.39, 0.29) is 6.10 Å². The van der Waals surface area contributed by atoms with E-state index in [2.05, 4.69) is 10.4 Å². The summed E-state index contributed by atoms with van der Waals surface area (Å²) in [7, 11) is 0. The molecule has 0 saturated carbocycles. The number of nitrogens with one attached hydrogen (secondary N) is 1. The van der Waals surface area contributed by atoms with Crippen LogP contribution >= 0.6 is 11.6 Å². The van der Waals surface area contributed by atoms with Crippen LogP contribution < -0.4 is 16.0 Å². The van der Waals surface area contributed by atoms with Crippen molar-refractivity contribution in [1.82, 2.24) is 10.4 Å². The molecule has 0 aliphatic heterocycles. The molecule has 3 N–H and O–H groups in total. The Morgan fingerprint density at radius 2 is 2.05 bits per heavy atom. The van der Waals surface area contributed by atoms with Crippen LogP contribution in [0.2, 0.25) is 5.02 Å². The molecule has 0 radical (unpaired) electrons. The van der Waals surface area contributed by atoms with Gasteiger partial charge in [-0.3, -0.25) is 10.8 Å². The highest BCUT2D eigenvalue weighted by Crippen LogP contribution is 2.27. The van der Waals surface area contributed by atoms with E-state index in [0.29, 0.717) is 21.9 Å². The minimum Gasteiger partial charge on any atom is -0.489 e. The van der Waals surface area contributed by atoms with Crippen LogP contribution in [0.25, 0.3) is 0 Å². The molecule has 1 heterocycles. The summed E-state index contributed by atoms with van der Waals surface area (Å²) < 4.78 is 19.6. The van der Waals surface area contributed by atoms with Gasteiger partial charge in [0.05, 0.1) is 18.3 Å². The Hall–Kier alpha value is -1.69. The van der Waals surface area contributed by atoms with E-state index in [1.54, 1.807) is 30.6 Å². The average molecular weight is 310 g/mol. The molecule has 21 heavy (non-hydrogen) atoms. The lowest BCUT2D eigenvalue weighted by atomic mass is 10.00. The van der Waals surface area contributed by atoms with Gasteiger partial charge < -0.3 is 4.74 Å². The highest BCUT2D eigenvalue weighted by molar-refractivity contribution is 6.30. The summed E-state index contributed by atoms with van der Waals surface area (Å²) in [6, 6.07) is 5.71. The number of hydrazine groups is 1. The van der Waals surface area contributed by atoms with Crippen LogP contribution in [0.4, 0.5) is 4.39 Å². The molecule has 0 saturated heterocycles. The number of rotatable bonds is 5. The minimum atomic E-state index is -0.537. The van der Waals surface area contributed by atoms with Gasteiger partial charge in [-0.05, 0) is 37.6 Å². The topological polar surface area (TPSA) is 60.2 Å². The summed E-state index contributed by atoms with van der Waals surface area (Å²) in [5, 5.41) is 0.335. The van der Waals surface area contributed by atoms with Crippen LogP contribution in [0, 0.1) is 5.82 Å². The molecular weight excluding hydrogens is 293 g/mol. The Balaban J connectivity index is 2.37. The zero-order valence-corrected chi connectivity index (χ0v) is 12.6. The van der Waals surface area contributed by atoms with Crippen LogP contribution in [-0.4, -0.2) is 11.1 Å². The fourth-order valence-corrected chi connectivity index (χ4v) is 2.19. The molecular formula is C15H17ClFN3O. The Bertz CT molecular complexity index is 622. The number of halogens is 2. The second kappa shape index (κ2) is 6.85. The standard InChI is InChI=1S/C15H17ClFN3O/c1-9(2)21-12-5-10(7-19-8-12)15(20-18)13-4-3-11(16)6-14(13)17/h3-9,15,20H,18H2,1-2H3. The number of nitrogens with zero attached hydrogens (tertiary/aromatic N) is 1. The molecule has 112 valence electrons. The van der Waals surface area contributed by atoms with Gasteiger partial charge in [-0.2, -0.15) is 0 Å². The van der Waals surface area contributed by atoms with Gasteiger partial charge in [0.15, 0.2) is 0 Å². The van der Waals surface area contributed by atoms with Crippen molar-refractivity contribution in [1.29, 1.82) is 0 Å². The predicted molar refractivity (Wildman–Crippen MR) is 80.6 cm³/mol. The van der Waals surface area contributed by atoms with Gasteiger partial charge in [-0.15, -0.1) is 0 Å². The number of aromatic nitrogens is 1. The van der Waals surface area contributed by atoms with Gasteiger partial charge in [-0.25, -0.2) is 9.82 Å². The number of hydrogen-bond donors (Lipinski definition) is 2. The van der Waals surface area contributed by atoms with Crippen LogP contribution in [0.15, 0.2) is 36.7 Å². The molecule has 6 heteroatoms. The molecule has 1 unspecified atom stereocenters. The molecule has 1 atom stereocenters. The monoisotopic (exact) mass is 309 g/mol. The average Bonchev–Trinajstić information content (AvgIpc) is 2.41. The Morgan fingerprint density at radius 3 is 2.67 bits per heavy atom. The molecule has 2 rings (SSSR count). The van der Waals surface area contributed by atoms with Crippen molar-refractivity contribution in [3.63, 3.8) is 0 Å². The number of hydrogen-bond acceptors (Lipinski definition) is 4. The van der Waals surface area contributed by atoms with Crippen molar-refractivity contribution in [3.05, 3.63) is 58.6 Å². The van der Waals surface area contributed by atoms with E-state index in [1.165, 1.54) is 6.07 Å². The maximum atomic E-state index is 14.1. The maximum absolute atomic E-state index is 14.1. The number of benzene rings is 1. The van der Waals surface area contributed by atoms with E-state index in [1.807, 2.05) is 13.8 Å². The molecule has 0 bridgehead atoms. The lowest BCUT2D eigenvalue weighted by Gasteiger charge is -2.18. The van der Waals surface area contributed by atoms with Crippen molar-refractivity contribution < 1.29 is 9.13 Å². The third-order valence-corrected chi connectivity index (χ3v) is 3.11. The molecule has 1 aromatic heterocycles. The lowest BCUT2D eigenvalue weighted by molar-refractivity contribution is 0.241. The normalized spacial score (nSPS) is 12.5. The van der Waals surface area contributed by atoms with E-state index in [4.69, 9.17) is 22.2 Å². The lowest BCUT2D eigenvalue weighted by Crippen LogP contribution is -2.29. The fourth-order valence-electron chi connectivity index (χ4n) is 2.03. The van der Waals surface area contributed by atoms with Crippen LogP contribution in [-0.2, 0) is 0 Å². The van der Waals surface area contributed by atoms with E-state index in [0.717, 1.165) is 0 Å². The number of nitrogens with two attached hydrogens (primary N) is 1. The van der Waals surface area contributed by atoms with E-state index < -0.39 is 11.9 Å². The summed E-state index contributed by atoms with van der Waals surface area (Å²) in [5.74, 6) is 5.76. The first-order valence-corrected chi connectivity index (χ1v) is 6.91. The summed E-state index contributed by atoms with van der Waals surface area (Å²) in [5.41, 5.74) is 3.70. The molecule has 4 nitrogen and oxygen atoms in total. The first-order valence-electron chi connectivity index (χ1n) is 6.54. The van der Waals surface area contributed by atoms with Crippen LogP contribution in [0.1, 0.15) is 31.0 Å². The molecule has 0 spiro atoms. The van der Waals surface area contributed by atoms with Crippen LogP contribution in [0.5, 0.6) is 5.75 Å². The van der Waals surface area contributed by atoms with Crippen molar-refractivity contribution in [3.8, 4) is 5.75 Å². The second-order valence-corrected chi connectivity index (χ2v) is 5.32. The molecule has 0 fully saturated rings. The van der Waals surface area contributed by atoms with Crippen molar-refractivity contribution in [2.24, 2.45) is 5.84 Å². The first-order chi connectivity index (χ1) is 10.0. The Kier molecular flexibility index (Phi) is 5.12. The second-order valence-electron chi connectivity index (χ2n) is 4.89. The Morgan fingerprint density at radius 1 is 1.29 bits per heavy atom. The molecule has 1 aromatic carbocycles. The molecule has 0 aliphatic carbocycles. The summed E-state index contributed by atoms with van der Waals surface area (Å²) in [6.07, 6.45) is 3.25. The highest BCUT2D eigenvalue weighted by atomic mass is 35.5. The maximum Gasteiger partial charge on any atom is 0.138 e. The zero-order valence-electron chi connectivity index (χ0n) is 11.8. The summed E-state index contributed by atoms with van der Waals surface area (Å²) in [6.45, 7) is 3.84. The third kappa shape index (κ3) is 3.91. The highest BCUT2D eigenvalue weighted by Gasteiger charge is 2.18.